The molecule has 6 nitrogen and oxygen atoms in total. The number of aliphatic hydroxyl groups excluding tert-OH is 1. The van der Waals surface area contributed by atoms with E-state index in [1.54, 1.807) is 6.92 Å². The first-order valence-corrected chi connectivity index (χ1v) is 6.93. The molecule has 1 aromatic carbocycles. The van der Waals surface area contributed by atoms with Crippen LogP contribution in [0.25, 0.3) is 0 Å². The molecule has 0 spiro atoms. The molecule has 1 aliphatic heterocycles. The average Bonchev–Trinajstić information content (AvgIpc) is 2.88. The van der Waals surface area contributed by atoms with Crippen LogP contribution in [0.15, 0.2) is 30.3 Å². The number of carbonyl (C=O) groups excluding carboxylic acids is 1. The molecule has 0 radical (unpaired) electrons. The minimum absolute atomic E-state index is 0.0433. The molecular formula is C15H20N2O4. The lowest BCUT2D eigenvalue weighted by molar-refractivity contribution is -0.150. The van der Waals surface area contributed by atoms with E-state index in [4.69, 9.17) is 10.8 Å². The van der Waals surface area contributed by atoms with Crippen molar-refractivity contribution in [2.24, 2.45) is 11.7 Å². The Morgan fingerprint density at radius 3 is 2.52 bits per heavy atom. The molecule has 1 fully saturated rings. The third-order valence-corrected chi connectivity index (χ3v) is 3.96. The van der Waals surface area contributed by atoms with E-state index in [1.807, 2.05) is 30.3 Å². The van der Waals surface area contributed by atoms with E-state index in [0.717, 1.165) is 5.56 Å². The van der Waals surface area contributed by atoms with Gasteiger partial charge < -0.3 is 20.8 Å². The van der Waals surface area contributed by atoms with Crippen LogP contribution in [0.1, 0.15) is 24.9 Å². The molecule has 2 rings (SSSR count). The Balaban J connectivity index is 2.13. The van der Waals surface area contributed by atoms with Crippen molar-refractivity contribution in [3.8, 4) is 0 Å². The Kier molecular flexibility index (Phi) is 4.59. The summed E-state index contributed by atoms with van der Waals surface area (Å²) in [7, 11) is 0. The highest BCUT2D eigenvalue weighted by atomic mass is 16.4. The molecule has 1 amide bonds. The molecule has 0 aromatic heterocycles. The van der Waals surface area contributed by atoms with E-state index in [9.17, 15) is 14.7 Å². The van der Waals surface area contributed by atoms with Crippen molar-refractivity contribution in [1.82, 2.24) is 4.90 Å². The molecule has 4 N–H and O–H groups in total. The molecule has 114 valence electrons. The highest BCUT2D eigenvalue weighted by Crippen LogP contribution is 2.26. The summed E-state index contributed by atoms with van der Waals surface area (Å²) >= 11 is 0. The van der Waals surface area contributed by atoms with Gasteiger partial charge in [-0.1, -0.05) is 37.3 Å². The molecule has 0 aliphatic carbocycles. The van der Waals surface area contributed by atoms with Gasteiger partial charge in [-0.2, -0.15) is 0 Å². The molecule has 1 saturated heterocycles. The van der Waals surface area contributed by atoms with Crippen LogP contribution in [0.2, 0.25) is 0 Å². The number of β-amino-alcohol motifs (C(OH)–C–C–N with tert-alkyl or cyclic N) is 1. The number of hydrogen-bond donors (Lipinski definition) is 3. The van der Waals surface area contributed by atoms with Gasteiger partial charge in [0.2, 0.25) is 5.91 Å². The van der Waals surface area contributed by atoms with Gasteiger partial charge in [0.1, 0.15) is 6.04 Å². The van der Waals surface area contributed by atoms with Crippen LogP contribution in [-0.2, 0) is 9.59 Å². The van der Waals surface area contributed by atoms with Gasteiger partial charge >= 0.3 is 5.97 Å². The molecule has 1 heterocycles. The Hall–Kier alpha value is -1.92. The number of carboxylic acids is 1. The van der Waals surface area contributed by atoms with E-state index in [1.165, 1.54) is 4.90 Å². The van der Waals surface area contributed by atoms with Crippen LogP contribution < -0.4 is 5.73 Å². The van der Waals surface area contributed by atoms with Crippen molar-refractivity contribution < 1.29 is 19.8 Å². The number of carboxylic acid groups (broad SMARTS) is 1. The average molecular weight is 292 g/mol. The number of nitrogens with zero attached hydrogens (tertiary/aromatic N) is 1. The molecule has 1 aromatic rings. The van der Waals surface area contributed by atoms with E-state index in [0.29, 0.717) is 0 Å². The van der Waals surface area contributed by atoms with Gasteiger partial charge in [0.05, 0.1) is 12.0 Å². The number of benzene rings is 1. The van der Waals surface area contributed by atoms with Gasteiger partial charge in [0.15, 0.2) is 0 Å². The van der Waals surface area contributed by atoms with E-state index >= 15 is 0 Å². The minimum atomic E-state index is -1.10. The fourth-order valence-corrected chi connectivity index (χ4v) is 2.67. The van der Waals surface area contributed by atoms with E-state index in [-0.39, 0.29) is 18.9 Å². The summed E-state index contributed by atoms with van der Waals surface area (Å²) in [5.41, 5.74) is 6.93. The number of aliphatic hydroxyl groups is 1. The number of amides is 1. The van der Waals surface area contributed by atoms with Crippen LogP contribution in [-0.4, -0.2) is 45.7 Å². The first-order chi connectivity index (χ1) is 9.91. The summed E-state index contributed by atoms with van der Waals surface area (Å²) in [5, 5.41) is 18.8. The van der Waals surface area contributed by atoms with E-state index in [2.05, 4.69) is 0 Å². The maximum Gasteiger partial charge on any atom is 0.326 e. The van der Waals surface area contributed by atoms with Crippen LogP contribution >= 0.6 is 0 Å². The van der Waals surface area contributed by atoms with Crippen LogP contribution in [0.4, 0.5) is 0 Å². The fourth-order valence-electron chi connectivity index (χ4n) is 2.67. The predicted octanol–water partition coefficient (Wildman–Crippen LogP) is 0.369. The Morgan fingerprint density at radius 2 is 1.95 bits per heavy atom. The summed E-state index contributed by atoms with van der Waals surface area (Å²) in [6.07, 6.45) is -0.732. The molecular weight excluding hydrogens is 272 g/mol. The normalized spacial score (nSPS) is 24.6. The van der Waals surface area contributed by atoms with Crippen molar-refractivity contribution >= 4 is 11.9 Å². The van der Waals surface area contributed by atoms with Gasteiger partial charge in [-0.3, -0.25) is 4.79 Å². The zero-order chi connectivity index (χ0) is 15.6. The Bertz CT molecular complexity index is 520. The van der Waals surface area contributed by atoms with Crippen molar-refractivity contribution in [2.45, 2.75) is 31.5 Å². The third-order valence-electron chi connectivity index (χ3n) is 3.96. The van der Waals surface area contributed by atoms with Gasteiger partial charge in [0.25, 0.3) is 0 Å². The quantitative estimate of drug-likeness (QED) is 0.744. The fraction of sp³-hybridized carbons (Fsp3) is 0.467. The van der Waals surface area contributed by atoms with Gasteiger partial charge in [0, 0.05) is 19.0 Å². The monoisotopic (exact) mass is 292 g/mol. The zero-order valence-electron chi connectivity index (χ0n) is 11.8. The summed E-state index contributed by atoms with van der Waals surface area (Å²) in [6.45, 7) is 1.73. The number of nitrogens with two attached hydrogens (primary N) is 1. The molecule has 1 aliphatic rings. The number of aliphatic carboxylic acids is 1. The summed E-state index contributed by atoms with van der Waals surface area (Å²) in [5.74, 6) is -1.99. The van der Waals surface area contributed by atoms with Crippen LogP contribution in [0.3, 0.4) is 0 Å². The Morgan fingerprint density at radius 1 is 1.33 bits per heavy atom. The number of hydrogen-bond acceptors (Lipinski definition) is 4. The predicted molar refractivity (Wildman–Crippen MR) is 76.3 cm³/mol. The second-order valence-electron chi connectivity index (χ2n) is 5.46. The third kappa shape index (κ3) is 3.22. The van der Waals surface area contributed by atoms with Gasteiger partial charge in [-0.05, 0) is 5.56 Å². The highest BCUT2D eigenvalue weighted by molar-refractivity contribution is 5.86. The first kappa shape index (κ1) is 15.5. The number of rotatable bonds is 4. The van der Waals surface area contributed by atoms with Crippen molar-refractivity contribution in [3.05, 3.63) is 35.9 Å². The minimum Gasteiger partial charge on any atom is -0.480 e. The maximum atomic E-state index is 12.5. The summed E-state index contributed by atoms with van der Waals surface area (Å²) in [4.78, 5) is 24.9. The Labute approximate surface area is 123 Å². The van der Waals surface area contributed by atoms with Crippen LogP contribution in [0, 0.1) is 5.92 Å². The topological polar surface area (TPSA) is 104 Å². The maximum absolute atomic E-state index is 12.5. The highest BCUT2D eigenvalue weighted by Gasteiger charge is 2.41. The summed E-state index contributed by atoms with van der Waals surface area (Å²) in [6, 6.07) is 7.73. The molecule has 6 heteroatoms. The second-order valence-corrected chi connectivity index (χ2v) is 5.46. The second kappa shape index (κ2) is 6.24. The molecule has 0 saturated carbocycles. The zero-order valence-corrected chi connectivity index (χ0v) is 11.8. The lowest BCUT2D eigenvalue weighted by Gasteiger charge is -2.27. The van der Waals surface area contributed by atoms with Crippen molar-refractivity contribution in [2.75, 3.05) is 6.54 Å². The smallest absolute Gasteiger partial charge is 0.326 e. The molecule has 21 heavy (non-hydrogen) atoms. The lowest BCUT2D eigenvalue weighted by Crippen LogP contribution is -2.45. The molecule has 4 atom stereocenters. The van der Waals surface area contributed by atoms with Crippen molar-refractivity contribution in [3.63, 3.8) is 0 Å². The lowest BCUT2D eigenvalue weighted by atomic mass is 9.94. The van der Waals surface area contributed by atoms with Crippen molar-refractivity contribution in [1.29, 1.82) is 0 Å². The number of likely N-dealkylation sites (tertiary alicyclic amines) is 1. The standard InChI is InChI=1S/C15H20N2O4/c1-9(13(16)10-5-3-2-4-6-10)14(19)17-8-11(18)7-12(17)15(20)21/h2-6,9,11-13,18H,7-8,16H2,1H3,(H,20,21)/t9?,11-,12+,13?/m1/s1. The van der Waals surface area contributed by atoms with Crippen LogP contribution in [0.5, 0.6) is 0 Å². The van der Waals surface area contributed by atoms with E-state index < -0.39 is 30.1 Å². The first-order valence-electron chi connectivity index (χ1n) is 6.93. The largest absolute Gasteiger partial charge is 0.480 e. The SMILES string of the molecule is CC(C(=O)N1C[C@H](O)C[C@H]1C(=O)O)C(N)c1ccccc1. The molecule has 0 bridgehead atoms. The number of carbonyl (C=O) groups is 2. The van der Waals surface area contributed by atoms with Gasteiger partial charge in [-0.15, -0.1) is 0 Å². The van der Waals surface area contributed by atoms with Gasteiger partial charge in [-0.25, -0.2) is 4.79 Å². The summed E-state index contributed by atoms with van der Waals surface area (Å²) < 4.78 is 0. The molecule has 2 unspecified atom stereocenters.